The molecule has 5 rings (SSSR count). The molecule has 3 aromatic heterocycles. The van der Waals surface area contributed by atoms with Gasteiger partial charge in [0.25, 0.3) is 5.91 Å². The lowest BCUT2D eigenvalue weighted by atomic mass is 10.0. The smallest absolute Gasteiger partial charge is 0.377 e. The van der Waals surface area contributed by atoms with Crippen LogP contribution in [-0.2, 0) is 23.6 Å². The van der Waals surface area contributed by atoms with Gasteiger partial charge in [-0.15, -0.1) is 10.2 Å². The van der Waals surface area contributed by atoms with Crippen molar-refractivity contribution in [3.63, 3.8) is 0 Å². The van der Waals surface area contributed by atoms with E-state index in [1.54, 1.807) is 0 Å². The predicted octanol–water partition coefficient (Wildman–Crippen LogP) is 3.51. The molecular formula is C20H13F7N6O2. The molecule has 5 heterocycles. The number of morpholine rings is 1. The van der Waals surface area contributed by atoms with Crippen LogP contribution in [0.5, 0.6) is 0 Å². The van der Waals surface area contributed by atoms with Crippen LogP contribution in [0.3, 0.4) is 0 Å². The number of rotatable bonds is 2. The van der Waals surface area contributed by atoms with Crippen LogP contribution in [0.25, 0.3) is 11.5 Å². The number of hydrogen-bond donors (Lipinski definition) is 0. The van der Waals surface area contributed by atoms with Crippen LogP contribution < -0.4 is 0 Å². The number of ether oxygens (including phenoxy) is 1. The molecule has 2 atom stereocenters. The minimum absolute atomic E-state index is 0.0181. The predicted molar refractivity (Wildman–Crippen MR) is 101 cm³/mol. The van der Waals surface area contributed by atoms with Crippen molar-refractivity contribution < 1.29 is 40.3 Å². The first-order valence-electron chi connectivity index (χ1n) is 10.1. The maximum absolute atomic E-state index is 14.6. The van der Waals surface area contributed by atoms with Gasteiger partial charge in [-0.2, -0.15) is 26.3 Å². The van der Waals surface area contributed by atoms with E-state index in [0.29, 0.717) is 6.20 Å². The number of alkyl halides is 6. The zero-order chi connectivity index (χ0) is 25.1. The summed E-state index contributed by atoms with van der Waals surface area (Å²) in [6, 6.07) is 0.714. The van der Waals surface area contributed by atoms with Crippen LogP contribution >= 0.6 is 0 Å². The molecule has 15 heteroatoms. The van der Waals surface area contributed by atoms with Gasteiger partial charge >= 0.3 is 12.4 Å². The Morgan fingerprint density at radius 1 is 1.00 bits per heavy atom. The third kappa shape index (κ3) is 3.88. The van der Waals surface area contributed by atoms with Crippen LogP contribution in [0.4, 0.5) is 30.7 Å². The van der Waals surface area contributed by atoms with Crippen LogP contribution in [0.15, 0.2) is 30.6 Å². The number of amides is 1. The summed E-state index contributed by atoms with van der Waals surface area (Å²) in [7, 11) is 0. The maximum atomic E-state index is 14.6. The van der Waals surface area contributed by atoms with Crippen molar-refractivity contribution in [2.24, 2.45) is 0 Å². The van der Waals surface area contributed by atoms with E-state index in [9.17, 15) is 35.5 Å². The molecule has 0 saturated carbocycles. The molecule has 184 valence electrons. The van der Waals surface area contributed by atoms with Crippen molar-refractivity contribution in [2.75, 3.05) is 13.2 Å². The number of fused-ring (bicyclic) bond motifs is 4. The molecule has 1 amide bonds. The number of pyridine rings is 2. The molecule has 0 N–H and O–H groups in total. The Hall–Kier alpha value is -3.62. The van der Waals surface area contributed by atoms with Crippen molar-refractivity contribution in [2.45, 2.75) is 31.0 Å². The second-order valence-corrected chi connectivity index (χ2v) is 7.86. The summed E-state index contributed by atoms with van der Waals surface area (Å²) < 4.78 is 100. The van der Waals surface area contributed by atoms with Crippen molar-refractivity contribution >= 4 is 5.91 Å². The van der Waals surface area contributed by atoms with Gasteiger partial charge < -0.3 is 14.2 Å². The highest BCUT2D eigenvalue weighted by atomic mass is 19.4. The molecule has 2 aliphatic rings. The van der Waals surface area contributed by atoms with E-state index in [1.165, 1.54) is 4.57 Å². The monoisotopic (exact) mass is 502 g/mol. The molecule has 8 nitrogen and oxygen atoms in total. The van der Waals surface area contributed by atoms with E-state index >= 15 is 0 Å². The molecule has 0 spiro atoms. The van der Waals surface area contributed by atoms with Gasteiger partial charge in [0.1, 0.15) is 11.7 Å². The van der Waals surface area contributed by atoms with Gasteiger partial charge in [0.05, 0.1) is 30.4 Å². The number of hydrogen-bond acceptors (Lipinski definition) is 6. The quantitative estimate of drug-likeness (QED) is 0.499. The lowest BCUT2D eigenvalue weighted by Gasteiger charge is -2.45. The summed E-state index contributed by atoms with van der Waals surface area (Å²) in [6.45, 7) is -0.236. The molecule has 0 aromatic carbocycles. The lowest BCUT2D eigenvalue weighted by molar-refractivity contribution is -0.143. The fourth-order valence-electron chi connectivity index (χ4n) is 4.19. The second-order valence-electron chi connectivity index (χ2n) is 7.86. The van der Waals surface area contributed by atoms with Gasteiger partial charge in [0, 0.05) is 18.9 Å². The molecule has 0 unspecified atom stereocenters. The summed E-state index contributed by atoms with van der Waals surface area (Å²) in [5, 5.41) is 7.92. The lowest BCUT2D eigenvalue weighted by Crippen LogP contribution is -2.56. The van der Waals surface area contributed by atoms with Crippen LogP contribution in [0, 0.1) is 5.82 Å². The highest BCUT2D eigenvalue weighted by molar-refractivity contribution is 5.95. The molecule has 0 aliphatic carbocycles. The van der Waals surface area contributed by atoms with Crippen LogP contribution in [0.1, 0.15) is 33.5 Å². The number of nitrogens with zero attached hydrogens (tertiary/aromatic N) is 6. The van der Waals surface area contributed by atoms with Crippen molar-refractivity contribution in [3.8, 4) is 11.5 Å². The largest absolute Gasteiger partial charge is 0.436 e. The molecule has 35 heavy (non-hydrogen) atoms. The van der Waals surface area contributed by atoms with Gasteiger partial charge in [-0.3, -0.25) is 9.78 Å². The Bertz CT molecular complexity index is 1310. The highest BCUT2D eigenvalue weighted by Gasteiger charge is 2.46. The minimum Gasteiger partial charge on any atom is -0.377 e. The third-order valence-corrected chi connectivity index (χ3v) is 5.72. The number of halogens is 7. The first-order chi connectivity index (χ1) is 16.5. The Morgan fingerprint density at radius 2 is 1.74 bits per heavy atom. The highest BCUT2D eigenvalue weighted by Crippen LogP contribution is 2.38. The van der Waals surface area contributed by atoms with Crippen LogP contribution in [-0.4, -0.2) is 54.8 Å². The Balaban J connectivity index is 1.53. The van der Waals surface area contributed by atoms with E-state index in [4.69, 9.17) is 4.74 Å². The first-order valence-corrected chi connectivity index (χ1v) is 10.1. The topological polar surface area (TPSA) is 86.0 Å². The van der Waals surface area contributed by atoms with Crippen molar-refractivity contribution in [3.05, 3.63) is 59.1 Å². The van der Waals surface area contributed by atoms with Crippen LogP contribution in [0.2, 0.25) is 0 Å². The average Bonchev–Trinajstić information content (AvgIpc) is 3.20. The molecule has 3 aromatic rings. The third-order valence-electron chi connectivity index (χ3n) is 5.72. The number of carbonyl (C=O) groups is 1. The standard InChI is InChI=1S/C20H13F7N6O2/c21-14-11(2-4-29-15(14)20(25,26)27)18(34)33-10-6-32-16(30-31-17(32)13(33)8-35-7-10)12-5-9(1-3-28-12)19(22,23)24/h1-5,10,13H,6-8H2/t10-,13-/m1/s1. The summed E-state index contributed by atoms with van der Waals surface area (Å²) in [6.07, 6.45) is -8.05. The summed E-state index contributed by atoms with van der Waals surface area (Å²) in [5.74, 6) is -2.69. The normalized spacial score (nSPS) is 20.0. The van der Waals surface area contributed by atoms with Crippen molar-refractivity contribution in [1.29, 1.82) is 0 Å². The minimum atomic E-state index is -5.10. The Morgan fingerprint density at radius 3 is 2.46 bits per heavy atom. The summed E-state index contributed by atoms with van der Waals surface area (Å²) in [4.78, 5) is 21.3. The van der Waals surface area contributed by atoms with Gasteiger partial charge in [-0.25, -0.2) is 9.37 Å². The number of aromatic nitrogens is 5. The fraction of sp³-hybridized carbons (Fsp3) is 0.350. The molecule has 1 fully saturated rings. The van der Waals surface area contributed by atoms with E-state index in [2.05, 4.69) is 20.2 Å². The van der Waals surface area contributed by atoms with Crippen molar-refractivity contribution in [1.82, 2.24) is 29.6 Å². The summed E-state index contributed by atoms with van der Waals surface area (Å²) in [5.41, 5.74) is -3.68. The molecule has 1 saturated heterocycles. The van der Waals surface area contributed by atoms with Gasteiger partial charge in [-0.05, 0) is 18.2 Å². The van der Waals surface area contributed by atoms with E-state index in [1.807, 2.05) is 0 Å². The van der Waals surface area contributed by atoms with E-state index < -0.39 is 53.0 Å². The Kier molecular flexibility index (Phi) is 5.27. The van der Waals surface area contributed by atoms with Gasteiger partial charge in [-0.1, -0.05) is 0 Å². The molecular weight excluding hydrogens is 489 g/mol. The second kappa shape index (κ2) is 7.96. The zero-order valence-electron chi connectivity index (χ0n) is 17.3. The van der Waals surface area contributed by atoms with E-state index in [-0.39, 0.29) is 37.1 Å². The zero-order valence-corrected chi connectivity index (χ0v) is 17.3. The maximum Gasteiger partial charge on any atom is 0.436 e. The first kappa shape index (κ1) is 23.1. The van der Waals surface area contributed by atoms with Gasteiger partial charge in [0.2, 0.25) is 0 Å². The fourth-order valence-corrected chi connectivity index (χ4v) is 4.19. The van der Waals surface area contributed by atoms with Gasteiger partial charge in [0.15, 0.2) is 23.2 Å². The average molecular weight is 502 g/mol. The Labute approximate surface area is 191 Å². The summed E-state index contributed by atoms with van der Waals surface area (Å²) >= 11 is 0. The number of carbonyl (C=O) groups excluding carboxylic acids is 1. The molecule has 2 aliphatic heterocycles. The SMILES string of the molecule is O=C(c1ccnc(C(F)(F)F)c1F)N1[C@H]2COC[C@@H]1c1nnc(-c3cc(C(F)(F)F)ccn3)n1C2. The molecule has 0 radical (unpaired) electrons. The molecule has 2 bridgehead atoms. The van der Waals surface area contributed by atoms with E-state index in [0.717, 1.165) is 29.3 Å².